The van der Waals surface area contributed by atoms with Crippen LogP contribution in [0.25, 0.3) is 0 Å². The van der Waals surface area contributed by atoms with E-state index in [0.717, 1.165) is 38.9 Å². The fourth-order valence-corrected chi connectivity index (χ4v) is 5.59. The quantitative estimate of drug-likeness (QED) is 0.718. The molecule has 2 bridgehead atoms. The van der Waals surface area contributed by atoms with Crippen LogP contribution in [0.5, 0.6) is 0 Å². The van der Waals surface area contributed by atoms with E-state index in [2.05, 4.69) is 44.8 Å². The highest BCUT2D eigenvalue weighted by molar-refractivity contribution is 6.07. The number of rotatable bonds is 5. The first-order valence-corrected chi connectivity index (χ1v) is 11.0. The number of ketones is 1. The summed E-state index contributed by atoms with van der Waals surface area (Å²) >= 11 is 0. The fraction of sp³-hybridized carbons (Fsp3) is 0.913. The summed E-state index contributed by atoms with van der Waals surface area (Å²) in [5.74, 6) is -0.695. The maximum absolute atomic E-state index is 15.3. The third-order valence-corrected chi connectivity index (χ3v) is 8.33. The van der Waals surface area contributed by atoms with Crippen molar-refractivity contribution in [2.45, 2.75) is 79.3 Å². The Balaban J connectivity index is 1.51. The molecule has 0 aromatic carbocycles. The molecule has 0 aromatic rings. The maximum atomic E-state index is 15.3. The molecule has 5 heteroatoms. The van der Waals surface area contributed by atoms with Gasteiger partial charge in [-0.25, -0.2) is 4.39 Å². The van der Waals surface area contributed by atoms with E-state index in [4.69, 9.17) is 0 Å². The lowest BCUT2D eigenvalue weighted by atomic mass is 9.70. The Morgan fingerprint density at radius 2 is 1.79 bits per heavy atom. The van der Waals surface area contributed by atoms with Crippen molar-refractivity contribution in [2.24, 2.45) is 28.1 Å². The largest absolute Gasteiger partial charge is 0.352 e. The van der Waals surface area contributed by atoms with Gasteiger partial charge in [0.2, 0.25) is 5.91 Å². The van der Waals surface area contributed by atoms with Gasteiger partial charge in [0.15, 0.2) is 5.78 Å². The van der Waals surface area contributed by atoms with E-state index in [0.29, 0.717) is 12.8 Å². The summed E-state index contributed by atoms with van der Waals surface area (Å²) in [4.78, 5) is 28.1. The van der Waals surface area contributed by atoms with Crippen molar-refractivity contribution < 1.29 is 14.0 Å². The minimum atomic E-state index is -1.35. The number of likely N-dealkylation sites (tertiary alicyclic amines) is 1. The average Bonchev–Trinajstić information content (AvgIpc) is 2.91. The summed E-state index contributed by atoms with van der Waals surface area (Å²) in [6.07, 6.45) is 3.77. The van der Waals surface area contributed by atoms with E-state index < -0.39 is 17.0 Å². The van der Waals surface area contributed by atoms with Crippen molar-refractivity contribution >= 4 is 11.7 Å². The summed E-state index contributed by atoms with van der Waals surface area (Å²) in [6.45, 7) is 15.4. The summed E-state index contributed by atoms with van der Waals surface area (Å²) in [6, 6.07) is 0. The molecule has 0 aromatic heterocycles. The number of carbonyl (C=O) groups is 2. The van der Waals surface area contributed by atoms with Gasteiger partial charge in [-0.3, -0.25) is 9.59 Å². The molecule has 3 atom stereocenters. The van der Waals surface area contributed by atoms with Crippen LogP contribution < -0.4 is 5.32 Å². The standard InChI is InChI=1S/C23H39FN2O2/c1-20(2,3)9-12-26-13-10-23(24,11-14-26)15-25-19(28)17-16-7-8-22(6,18(17)27)21(16,4)5/h16-17H,7-15H2,1-6H3,(H,25,28)/t16-,17?,22+/m1/s1. The maximum Gasteiger partial charge on any atom is 0.231 e. The number of nitrogens with zero attached hydrogens (tertiary/aromatic N) is 1. The van der Waals surface area contributed by atoms with E-state index >= 15 is 4.39 Å². The number of nitrogens with one attached hydrogen (secondary N) is 1. The Kier molecular flexibility index (Phi) is 5.49. The monoisotopic (exact) mass is 394 g/mol. The molecular weight excluding hydrogens is 355 g/mol. The Morgan fingerprint density at radius 1 is 1.18 bits per heavy atom. The van der Waals surface area contributed by atoms with Crippen LogP contribution in [0.4, 0.5) is 4.39 Å². The van der Waals surface area contributed by atoms with Crippen molar-refractivity contribution in [1.29, 1.82) is 0 Å². The van der Waals surface area contributed by atoms with Crippen LogP contribution in [0.15, 0.2) is 0 Å². The van der Waals surface area contributed by atoms with Gasteiger partial charge in [-0.2, -0.15) is 0 Å². The van der Waals surface area contributed by atoms with E-state index in [1.54, 1.807) is 0 Å². The van der Waals surface area contributed by atoms with Crippen LogP contribution in [0, 0.1) is 28.1 Å². The Bertz CT molecular complexity index is 631. The van der Waals surface area contributed by atoms with Crippen LogP contribution in [-0.2, 0) is 9.59 Å². The van der Waals surface area contributed by atoms with Crippen molar-refractivity contribution in [3.05, 3.63) is 0 Å². The summed E-state index contributed by atoms with van der Waals surface area (Å²) < 4.78 is 15.3. The SMILES string of the molecule is CC(C)(C)CCN1CCC(F)(CNC(=O)C2C(=O)[C@]3(C)CC[C@H]2C3(C)C)CC1. The van der Waals surface area contributed by atoms with Gasteiger partial charge >= 0.3 is 0 Å². The van der Waals surface area contributed by atoms with E-state index in [1.165, 1.54) is 0 Å². The van der Waals surface area contributed by atoms with E-state index in [9.17, 15) is 9.59 Å². The summed E-state index contributed by atoms with van der Waals surface area (Å²) in [5, 5.41) is 2.82. The van der Waals surface area contributed by atoms with Crippen LogP contribution in [-0.4, -0.2) is 48.4 Å². The zero-order valence-corrected chi connectivity index (χ0v) is 18.7. The molecule has 1 saturated heterocycles. The Labute approximate surface area is 170 Å². The number of halogens is 1. The van der Waals surface area contributed by atoms with Crippen molar-refractivity contribution in [3.8, 4) is 0 Å². The first-order chi connectivity index (χ1) is 12.8. The zero-order valence-electron chi connectivity index (χ0n) is 18.7. The number of amides is 1. The Morgan fingerprint density at radius 3 is 2.29 bits per heavy atom. The third kappa shape index (κ3) is 3.76. The summed E-state index contributed by atoms with van der Waals surface area (Å²) in [5.41, 5.74) is -1.63. The molecule has 3 aliphatic rings. The smallest absolute Gasteiger partial charge is 0.231 e. The van der Waals surface area contributed by atoms with Gasteiger partial charge in [0.1, 0.15) is 11.6 Å². The topological polar surface area (TPSA) is 49.4 Å². The van der Waals surface area contributed by atoms with Gasteiger partial charge in [-0.1, -0.05) is 41.5 Å². The van der Waals surface area contributed by atoms with Crippen LogP contribution in [0.1, 0.15) is 73.6 Å². The van der Waals surface area contributed by atoms with Gasteiger partial charge in [0.25, 0.3) is 0 Å². The first kappa shape index (κ1) is 21.7. The minimum Gasteiger partial charge on any atom is -0.352 e. The number of hydrogen-bond acceptors (Lipinski definition) is 3. The number of hydrogen-bond donors (Lipinski definition) is 1. The highest BCUT2D eigenvalue weighted by atomic mass is 19.1. The van der Waals surface area contributed by atoms with Crippen LogP contribution >= 0.6 is 0 Å². The zero-order chi connectivity index (χ0) is 21.0. The number of fused-ring (bicyclic) bond motifs is 2. The minimum absolute atomic E-state index is 0.0343. The first-order valence-electron chi connectivity index (χ1n) is 11.0. The molecule has 4 nitrogen and oxygen atoms in total. The normalized spacial score (nSPS) is 34.6. The van der Waals surface area contributed by atoms with Gasteiger partial charge in [-0.05, 0) is 55.4 Å². The predicted octanol–water partition coefficient (Wildman–Crippen LogP) is 3.98. The Hall–Kier alpha value is -0.970. The number of piperidine rings is 1. The van der Waals surface area contributed by atoms with Gasteiger partial charge in [0.05, 0.1) is 6.54 Å². The van der Waals surface area contributed by atoms with Crippen molar-refractivity contribution in [1.82, 2.24) is 10.2 Å². The second-order valence-corrected chi connectivity index (χ2v) is 11.6. The average molecular weight is 395 g/mol. The molecule has 160 valence electrons. The molecule has 28 heavy (non-hydrogen) atoms. The predicted molar refractivity (Wildman–Crippen MR) is 110 cm³/mol. The number of alkyl halides is 1. The molecule has 2 aliphatic carbocycles. The van der Waals surface area contributed by atoms with Crippen LogP contribution in [0.2, 0.25) is 0 Å². The van der Waals surface area contributed by atoms with Crippen LogP contribution in [0.3, 0.4) is 0 Å². The molecule has 3 rings (SSSR count). The molecule has 1 heterocycles. The van der Waals surface area contributed by atoms with Crippen molar-refractivity contribution in [2.75, 3.05) is 26.2 Å². The highest BCUT2D eigenvalue weighted by Crippen LogP contribution is 2.65. The van der Waals surface area contributed by atoms with Gasteiger partial charge in [0, 0.05) is 18.5 Å². The van der Waals surface area contributed by atoms with E-state index in [-0.39, 0.29) is 35.0 Å². The molecule has 3 fully saturated rings. The molecular formula is C23H39FN2O2. The number of carbonyl (C=O) groups excluding carboxylic acids is 2. The molecule has 0 spiro atoms. The molecule has 1 N–H and O–H groups in total. The molecule has 1 amide bonds. The van der Waals surface area contributed by atoms with Crippen molar-refractivity contribution in [3.63, 3.8) is 0 Å². The van der Waals surface area contributed by atoms with E-state index in [1.807, 2.05) is 6.92 Å². The second-order valence-electron chi connectivity index (χ2n) is 11.6. The fourth-order valence-electron chi connectivity index (χ4n) is 5.59. The third-order valence-electron chi connectivity index (χ3n) is 8.33. The highest BCUT2D eigenvalue weighted by Gasteiger charge is 2.67. The van der Waals surface area contributed by atoms with Gasteiger partial charge in [-0.15, -0.1) is 0 Å². The molecule has 1 unspecified atom stereocenters. The second kappa shape index (κ2) is 7.07. The lowest BCUT2D eigenvalue weighted by Crippen LogP contribution is -2.50. The lowest BCUT2D eigenvalue weighted by Gasteiger charge is -2.37. The lowest BCUT2D eigenvalue weighted by molar-refractivity contribution is -0.139. The number of Topliss-reactive ketones (excluding diaryl/α,β-unsaturated/α-hetero) is 1. The molecule has 0 radical (unpaired) electrons. The van der Waals surface area contributed by atoms with Gasteiger partial charge < -0.3 is 10.2 Å². The molecule has 1 aliphatic heterocycles. The molecule has 2 saturated carbocycles. The summed E-state index contributed by atoms with van der Waals surface area (Å²) in [7, 11) is 0.